The van der Waals surface area contributed by atoms with Crippen LogP contribution in [0.15, 0.2) is 132 Å². The summed E-state index contributed by atoms with van der Waals surface area (Å²) in [5.41, 5.74) is 12.9. The summed E-state index contributed by atoms with van der Waals surface area (Å²) in [6.45, 7) is 7.99. The minimum Gasteiger partial charge on any atom is -0.364 e. The van der Waals surface area contributed by atoms with Gasteiger partial charge >= 0.3 is 0 Å². The number of methoxy groups -OCH3 is 2. The van der Waals surface area contributed by atoms with Gasteiger partial charge in [0.1, 0.15) is 43.1 Å². The van der Waals surface area contributed by atoms with E-state index < -0.39 is 56.0 Å². The molecule has 0 saturated heterocycles. The van der Waals surface area contributed by atoms with Crippen molar-refractivity contribution in [1.82, 2.24) is 10.0 Å². The van der Waals surface area contributed by atoms with E-state index in [2.05, 4.69) is 0 Å². The van der Waals surface area contributed by atoms with Crippen LogP contribution in [0.5, 0.6) is 0 Å². The minimum absolute atomic E-state index is 0.0294. The van der Waals surface area contributed by atoms with Gasteiger partial charge in [-0.15, -0.1) is 0 Å². The van der Waals surface area contributed by atoms with Crippen LogP contribution in [-0.2, 0) is 40.0 Å². The highest BCUT2D eigenvalue weighted by molar-refractivity contribution is 8.15. The van der Waals surface area contributed by atoms with Crippen molar-refractivity contribution in [1.29, 1.82) is 0 Å². The topological polar surface area (TPSA) is 136 Å². The third-order valence-corrected chi connectivity index (χ3v) is 17.5. The lowest BCUT2D eigenvalue weighted by Gasteiger charge is -2.44. The maximum absolute atomic E-state index is 16.7. The average molecular weight is 1110 g/mol. The number of benzene rings is 6. The van der Waals surface area contributed by atoms with Gasteiger partial charge in [-0.1, -0.05) is 142 Å². The molecule has 2 heterocycles. The fourth-order valence-corrected chi connectivity index (χ4v) is 13.9. The van der Waals surface area contributed by atoms with Crippen molar-refractivity contribution >= 4 is 68.6 Å². The first kappa shape index (κ1) is 56.6. The number of thioether (sulfide) groups is 2. The van der Waals surface area contributed by atoms with E-state index in [4.69, 9.17) is 54.3 Å². The van der Waals surface area contributed by atoms with Crippen LogP contribution in [0.3, 0.4) is 0 Å². The van der Waals surface area contributed by atoms with E-state index >= 15 is 27.2 Å². The van der Waals surface area contributed by atoms with Crippen LogP contribution in [0, 0.1) is 51.0 Å². The monoisotopic (exact) mass is 1110 g/mol. The first-order chi connectivity index (χ1) is 36.3. The quantitative estimate of drug-likeness (QED) is 0.0766. The van der Waals surface area contributed by atoms with Crippen molar-refractivity contribution in [3.05, 3.63) is 210 Å². The largest absolute Gasteiger partial charge is 0.364 e. The zero-order valence-corrected chi connectivity index (χ0v) is 46.0. The van der Waals surface area contributed by atoms with Gasteiger partial charge in [0.2, 0.25) is 0 Å². The first-order valence-electron chi connectivity index (χ1n) is 24.7. The Labute approximate surface area is 459 Å². The molecule has 18 heteroatoms. The normalized spacial score (nSPS) is 19.1. The van der Waals surface area contributed by atoms with Crippen LogP contribution >= 0.6 is 46.7 Å². The molecule has 76 heavy (non-hydrogen) atoms. The Kier molecular flexibility index (Phi) is 17.3. The third kappa shape index (κ3) is 10.6. The fraction of sp³-hybridized carbons (Fsp3) is 0.310. The van der Waals surface area contributed by atoms with Crippen LogP contribution in [0.1, 0.15) is 94.2 Å². The summed E-state index contributed by atoms with van der Waals surface area (Å²) in [6.07, 6.45) is 0.353. The van der Waals surface area contributed by atoms with Gasteiger partial charge in [0.15, 0.2) is 11.2 Å². The number of rotatable bonds is 19. The van der Waals surface area contributed by atoms with Crippen molar-refractivity contribution in [2.24, 2.45) is 21.7 Å². The summed E-state index contributed by atoms with van der Waals surface area (Å²) in [5.74, 6) is -4.49. The second-order valence-corrected chi connectivity index (χ2v) is 22.5. The summed E-state index contributed by atoms with van der Waals surface area (Å²) in [7, 11) is 2.72. The second-order valence-electron chi connectivity index (χ2n) is 19.1. The van der Waals surface area contributed by atoms with Crippen molar-refractivity contribution in [3.8, 4) is 0 Å². The van der Waals surface area contributed by atoms with Gasteiger partial charge in [-0.05, 0) is 139 Å². The lowest BCUT2D eigenvalue weighted by atomic mass is 9.78. The minimum atomic E-state index is -2.15. The van der Waals surface area contributed by atoms with Gasteiger partial charge in [0, 0.05) is 46.5 Å². The molecule has 6 aromatic rings. The molecule has 2 aliphatic rings. The maximum atomic E-state index is 16.7. The molecule has 2 amide bonds. The van der Waals surface area contributed by atoms with E-state index in [1.54, 1.807) is 48.5 Å². The molecule has 6 aromatic carbocycles. The molecule has 0 fully saturated rings. The summed E-state index contributed by atoms with van der Waals surface area (Å²) >= 11 is 16.4. The number of aryl methyl sites for hydroxylation is 4. The lowest BCUT2D eigenvalue weighted by molar-refractivity contribution is -0.171. The highest BCUT2D eigenvalue weighted by Gasteiger charge is 2.59. The Morgan fingerprint density at radius 2 is 1.04 bits per heavy atom. The van der Waals surface area contributed by atoms with Gasteiger partial charge in [0.05, 0.1) is 0 Å². The predicted octanol–water partition coefficient (Wildman–Crippen LogP) is 13.0. The molecule has 4 N–H and O–H groups in total. The van der Waals surface area contributed by atoms with Crippen LogP contribution in [0.25, 0.3) is 0 Å². The predicted molar refractivity (Wildman–Crippen MR) is 296 cm³/mol. The Balaban J connectivity index is 1.38. The van der Waals surface area contributed by atoms with Crippen molar-refractivity contribution < 1.29 is 36.6 Å². The van der Waals surface area contributed by atoms with Crippen molar-refractivity contribution in [2.45, 2.75) is 87.2 Å². The molecule has 0 radical (unpaired) electrons. The molecule has 0 bridgehead atoms. The van der Waals surface area contributed by atoms with E-state index in [9.17, 15) is 0 Å². The maximum Gasteiger partial charge on any atom is 0.281 e. The SMILES string of the molecule is COC(CC[C@@](OC)(C(=O)N1N=C(c2cc(F)ccc2F)SC1(CCCN)c1cc(C)cc(C)c1)c1cc(C)cc(C)c1)(C(=O)N1N=C(c2cc(F)ccc2F)SC1(CCCN)c1ccccc1Cl)c1ccccc1Cl. The molecule has 398 valence electrons. The molecule has 3 unspecified atom stereocenters. The Hall–Kier alpha value is -5.56. The van der Waals surface area contributed by atoms with Gasteiger partial charge in [-0.25, -0.2) is 27.6 Å². The van der Waals surface area contributed by atoms with Gasteiger partial charge in [0.25, 0.3) is 11.8 Å². The molecule has 0 aromatic heterocycles. The van der Waals surface area contributed by atoms with E-state index in [1.165, 1.54) is 24.2 Å². The van der Waals surface area contributed by atoms with E-state index in [1.807, 2.05) is 64.1 Å². The van der Waals surface area contributed by atoms with Crippen LogP contribution < -0.4 is 11.5 Å². The Bertz CT molecular complexity index is 3220. The van der Waals surface area contributed by atoms with E-state index in [0.717, 1.165) is 82.2 Å². The highest BCUT2D eigenvalue weighted by Crippen LogP contribution is 2.57. The number of hydrogen-bond acceptors (Lipinski definition) is 10. The summed E-state index contributed by atoms with van der Waals surface area (Å²) in [5, 5.41) is 12.7. The number of ether oxygens (including phenoxy) is 2. The molecule has 4 atom stereocenters. The molecular weight excluding hydrogens is 1060 g/mol. The van der Waals surface area contributed by atoms with Crippen molar-refractivity contribution in [2.75, 3.05) is 27.3 Å². The molecule has 10 nitrogen and oxygen atoms in total. The number of nitrogens with zero attached hydrogens (tertiary/aromatic N) is 4. The highest BCUT2D eigenvalue weighted by atomic mass is 35.5. The van der Waals surface area contributed by atoms with Crippen LogP contribution in [0.4, 0.5) is 17.6 Å². The average Bonchev–Trinajstić information content (AvgIpc) is 3.98. The summed E-state index contributed by atoms with van der Waals surface area (Å²) < 4.78 is 75.4. The number of nitrogens with two attached hydrogens (primary N) is 2. The third-order valence-electron chi connectivity index (χ3n) is 13.9. The van der Waals surface area contributed by atoms with Crippen LogP contribution in [-0.4, -0.2) is 59.2 Å². The Morgan fingerprint density at radius 1 is 0.592 bits per heavy atom. The zero-order valence-electron chi connectivity index (χ0n) is 42.9. The molecule has 8 rings (SSSR count). The smallest absolute Gasteiger partial charge is 0.281 e. The molecule has 0 spiro atoms. The fourth-order valence-electron chi connectivity index (χ4n) is 10.4. The molecule has 0 aliphatic carbocycles. The lowest BCUT2D eigenvalue weighted by Crippen LogP contribution is -2.55. The number of amides is 2. The summed E-state index contributed by atoms with van der Waals surface area (Å²) in [4.78, 5) is 30.3. The van der Waals surface area contributed by atoms with Gasteiger partial charge in [-0.2, -0.15) is 10.2 Å². The van der Waals surface area contributed by atoms with Gasteiger partial charge < -0.3 is 20.9 Å². The van der Waals surface area contributed by atoms with Crippen molar-refractivity contribution in [3.63, 3.8) is 0 Å². The summed E-state index contributed by atoms with van der Waals surface area (Å²) in [6, 6.07) is 30.9. The first-order valence-corrected chi connectivity index (χ1v) is 27.0. The second kappa shape index (κ2) is 23.2. The Morgan fingerprint density at radius 3 is 1.55 bits per heavy atom. The molecule has 0 saturated carbocycles. The number of hydrogen-bond donors (Lipinski definition) is 2. The zero-order chi connectivity index (χ0) is 54.7. The number of carbonyl (C=O) groups is 2. The number of hydrazone groups is 2. The van der Waals surface area contributed by atoms with Gasteiger partial charge in [-0.3, -0.25) is 9.59 Å². The standard InChI is InChI=1S/C58H58Cl2F4N6O4S2/c1-35-27-36(2)30-39(29-35)55(73-5,53(71)69-57(21-11-25-65,40-31-37(3)28-38(4)32-40)75-51(67-69)43-33-41(61)17-19-49(43)63)23-24-56(74-6,45-13-7-9-15-47(45)59)54(72)70-58(22-12-26-66,46-14-8-10-16-48(46)60)76-52(68-70)44-34-42(62)18-20-50(44)64/h7-10,13-20,27-34H,11-12,21-26,65-66H2,1-6H3/t55-,56?,57?,58?/m0/s1. The van der Waals surface area contributed by atoms with E-state index in [-0.39, 0.29) is 75.6 Å². The molecule has 2 aliphatic heterocycles. The molecular formula is C58H58Cl2F4N6O4S2. The van der Waals surface area contributed by atoms with E-state index in [0.29, 0.717) is 29.5 Å². The number of carbonyl (C=O) groups excluding carboxylic acids is 2. The number of halogens is 6. The van der Waals surface area contributed by atoms with Crippen LogP contribution in [0.2, 0.25) is 10.0 Å².